The molecule has 0 aliphatic rings. The van der Waals surface area contributed by atoms with Gasteiger partial charge in [0.2, 0.25) is 11.0 Å². The maximum atomic E-state index is 10.6. The van der Waals surface area contributed by atoms with Gasteiger partial charge < -0.3 is 10.8 Å². The molecule has 0 radical (unpaired) electrons. The quantitative estimate of drug-likeness (QED) is 0.686. The van der Waals surface area contributed by atoms with Gasteiger partial charge >= 0.3 is 5.97 Å². The van der Waals surface area contributed by atoms with Gasteiger partial charge in [0.05, 0.1) is 5.56 Å². The molecule has 0 unspecified atom stereocenters. The second-order valence-electron chi connectivity index (χ2n) is 2.90. The molecule has 6 heteroatoms. The molecule has 0 bridgehead atoms. The highest BCUT2D eigenvalue weighted by atomic mass is 16.5. The molecule has 1 heterocycles. The van der Waals surface area contributed by atoms with E-state index < -0.39 is 5.97 Å². The van der Waals surface area contributed by atoms with Crippen LogP contribution in [0.3, 0.4) is 0 Å². The van der Waals surface area contributed by atoms with Gasteiger partial charge in [-0.3, -0.25) is 4.52 Å². The number of carbonyl (C=O) groups is 1. The summed E-state index contributed by atoms with van der Waals surface area (Å²) in [5.74, 6) is -0.775. The lowest BCUT2D eigenvalue weighted by Gasteiger charge is -1.91. The number of aromatic nitrogens is 2. The molecule has 3 N–H and O–H groups in total. The largest absolute Gasteiger partial charge is 0.478 e. The molecule has 0 atom stereocenters. The lowest BCUT2D eigenvalue weighted by Crippen LogP contribution is -2.31. The van der Waals surface area contributed by atoms with E-state index in [1.54, 1.807) is 12.1 Å². The fourth-order valence-electron chi connectivity index (χ4n) is 1.14. The average Bonchev–Trinajstić information content (AvgIpc) is 2.65. The highest BCUT2D eigenvalue weighted by Crippen LogP contribution is 2.04. The van der Waals surface area contributed by atoms with Crippen LogP contribution in [0.5, 0.6) is 0 Å². The van der Waals surface area contributed by atoms with Gasteiger partial charge in [-0.25, -0.2) is 4.79 Å². The van der Waals surface area contributed by atoms with Gasteiger partial charge in [-0.05, 0) is 16.8 Å². The Labute approximate surface area is 84.5 Å². The Balaban J connectivity index is 2.35. The monoisotopic (exact) mass is 206 g/mol. The van der Waals surface area contributed by atoms with Crippen molar-refractivity contribution in [1.82, 2.24) is 5.27 Å². The zero-order chi connectivity index (χ0) is 10.8. The number of hydrogen-bond acceptors (Lipinski definition) is 4. The van der Waals surface area contributed by atoms with Crippen LogP contribution in [-0.4, -0.2) is 16.3 Å². The SMILES string of the molecule is Nc1c[n+](-c2ccc(C(=O)O)cc2)no1. The Hall–Kier alpha value is -2.37. The lowest BCUT2D eigenvalue weighted by molar-refractivity contribution is -0.670. The highest BCUT2D eigenvalue weighted by Gasteiger charge is 2.13. The van der Waals surface area contributed by atoms with Gasteiger partial charge in [0.25, 0.3) is 12.1 Å². The summed E-state index contributed by atoms with van der Waals surface area (Å²) in [6, 6.07) is 6.20. The molecule has 1 aromatic carbocycles. The number of benzene rings is 1. The first-order valence-electron chi connectivity index (χ1n) is 4.14. The average molecular weight is 206 g/mol. The predicted octanol–water partition coefficient (Wildman–Crippen LogP) is 0.232. The van der Waals surface area contributed by atoms with Crippen molar-refractivity contribution >= 4 is 11.9 Å². The van der Waals surface area contributed by atoms with Gasteiger partial charge in [0.15, 0.2) is 0 Å². The van der Waals surface area contributed by atoms with Crippen molar-refractivity contribution in [2.45, 2.75) is 0 Å². The first-order chi connectivity index (χ1) is 7.16. The standard InChI is InChI=1S/C9H7N3O3/c10-8-5-12(11-15-8)7-3-1-6(2-4-7)9(13)14/h1-5H,(H2-,10,11,13,14)/p+1. The lowest BCUT2D eigenvalue weighted by atomic mass is 10.2. The van der Waals surface area contributed by atoms with Crippen LogP contribution in [0.15, 0.2) is 35.0 Å². The van der Waals surface area contributed by atoms with Crippen molar-refractivity contribution in [3.63, 3.8) is 0 Å². The third kappa shape index (κ3) is 1.78. The van der Waals surface area contributed by atoms with Gasteiger partial charge in [-0.2, -0.15) is 0 Å². The smallest absolute Gasteiger partial charge is 0.335 e. The van der Waals surface area contributed by atoms with E-state index in [9.17, 15) is 4.79 Å². The van der Waals surface area contributed by atoms with Crippen molar-refractivity contribution in [3.05, 3.63) is 36.0 Å². The van der Waals surface area contributed by atoms with Crippen molar-refractivity contribution in [2.75, 3.05) is 5.73 Å². The molecule has 0 saturated carbocycles. The fourth-order valence-corrected chi connectivity index (χ4v) is 1.14. The van der Waals surface area contributed by atoms with E-state index in [1.165, 1.54) is 23.0 Å². The second kappa shape index (κ2) is 3.41. The van der Waals surface area contributed by atoms with Gasteiger partial charge in [0.1, 0.15) is 0 Å². The van der Waals surface area contributed by atoms with Crippen LogP contribution < -0.4 is 10.4 Å². The number of nitrogens with zero attached hydrogens (tertiary/aromatic N) is 2. The highest BCUT2D eigenvalue weighted by molar-refractivity contribution is 5.87. The number of nitrogen functional groups attached to an aromatic ring is 1. The Bertz CT molecular complexity index is 490. The van der Waals surface area contributed by atoms with Crippen LogP contribution in [0.2, 0.25) is 0 Å². The molecule has 76 valence electrons. The van der Waals surface area contributed by atoms with Crippen molar-refractivity contribution in [3.8, 4) is 5.69 Å². The van der Waals surface area contributed by atoms with E-state index in [2.05, 4.69) is 9.79 Å². The molecular formula is C9H8N3O3+. The summed E-state index contributed by atoms with van der Waals surface area (Å²) in [5.41, 5.74) is 6.25. The van der Waals surface area contributed by atoms with Crippen LogP contribution in [0.4, 0.5) is 5.88 Å². The number of hydrogen-bond donors (Lipinski definition) is 2. The van der Waals surface area contributed by atoms with Gasteiger partial charge in [0, 0.05) is 12.1 Å². The molecular weight excluding hydrogens is 198 g/mol. The molecule has 2 aromatic rings. The maximum Gasteiger partial charge on any atom is 0.335 e. The number of nitrogens with two attached hydrogens (primary N) is 1. The molecule has 0 aliphatic carbocycles. The minimum Gasteiger partial charge on any atom is -0.478 e. The zero-order valence-corrected chi connectivity index (χ0v) is 7.62. The van der Waals surface area contributed by atoms with Crippen LogP contribution >= 0.6 is 0 Å². The van der Waals surface area contributed by atoms with E-state index in [0.717, 1.165) is 0 Å². The van der Waals surface area contributed by atoms with Crippen molar-refractivity contribution in [1.29, 1.82) is 0 Å². The number of carboxylic acids is 1. The third-order valence-corrected chi connectivity index (χ3v) is 1.86. The molecule has 0 saturated heterocycles. The van der Waals surface area contributed by atoms with Gasteiger partial charge in [-0.15, -0.1) is 0 Å². The molecule has 6 nitrogen and oxygen atoms in total. The van der Waals surface area contributed by atoms with Crippen LogP contribution in [-0.2, 0) is 0 Å². The molecule has 2 rings (SSSR count). The van der Waals surface area contributed by atoms with Gasteiger partial charge in [-0.1, -0.05) is 0 Å². The number of aromatic carboxylic acids is 1. The maximum absolute atomic E-state index is 10.6. The van der Waals surface area contributed by atoms with E-state index in [0.29, 0.717) is 5.69 Å². The summed E-state index contributed by atoms with van der Waals surface area (Å²) in [4.78, 5) is 10.6. The zero-order valence-electron chi connectivity index (χ0n) is 7.62. The minimum absolute atomic E-state index is 0.192. The first-order valence-corrected chi connectivity index (χ1v) is 4.14. The summed E-state index contributed by atoms with van der Waals surface area (Å²) in [6.07, 6.45) is 1.50. The number of rotatable bonds is 2. The summed E-state index contributed by atoms with van der Waals surface area (Å²) in [5, 5.41) is 12.3. The molecule has 0 amide bonds. The Morgan fingerprint density at radius 3 is 2.53 bits per heavy atom. The molecule has 0 fully saturated rings. The Kier molecular flexibility index (Phi) is 2.09. The van der Waals surface area contributed by atoms with Crippen LogP contribution in [0.25, 0.3) is 5.69 Å². The van der Waals surface area contributed by atoms with Crippen molar-refractivity contribution < 1.29 is 19.1 Å². The summed E-state index contributed by atoms with van der Waals surface area (Å²) in [6.45, 7) is 0. The van der Waals surface area contributed by atoms with E-state index in [4.69, 9.17) is 10.8 Å². The molecule has 0 aliphatic heterocycles. The minimum atomic E-state index is -0.966. The van der Waals surface area contributed by atoms with E-state index >= 15 is 0 Å². The predicted molar refractivity (Wildman–Crippen MR) is 49.4 cm³/mol. The summed E-state index contributed by atoms with van der Waals surface area (Å²) >= 11 is 0. The first kappa shape index (κ1) is 9.20. The molecule has 1 aromatic heterocycles. The molecule has 0 spiro atoms. The number of carboxylic acid groups (broad SMARTS) is 1. The Morgan fingerprint density at radius 1 is 1.40 bits per heavy atom. The normalized spacial score (nSPS) is 10.1. The fraction of sp³-hybridized carbons (Fsp3) is 0. The molecule has 15 heavy (non-hydrogen) atoms. The summed E-state index contributed by atoms with van der Waals surface area (Å²) < 4.78 is 6.09. The number of anilines is 1. The third-order valence-electron chi connectivity index (χ3n) is 1.86. The topological polar surface area (TPSA) is 93.2 Å². The van der Waals surface area contributed by atoms with E-state index in [-0.39, 0.29) is 11.4 Å². The van der Waals surface area contributed by atoms with Crippen LogP contribution in [0.1, 0.15) is 10.4 Å². The summed E-state index contributed by atoms with van der Waals surface area (Å²) in [7, 11) is 0. The van der Waals surface area contributed by atoms with Crippen LogP contribution in [0, 0.1) is 0 Å². The Morgan fingerprint density at radius 2 is 2.07 bits per heavy atom. The van der Waals surface area contributed by atoms with E-state index in [1.807, 2.05) is 0 Å². The second-order valence-corrected chi connectivity index (χ2v) is 2.90. The van der Waals surface area contributed by atoms with Crippen molar-refractivity contribution in [2.24, 2.45) is 0 Å².